The Labute approximate surface area is 174 Å². The molecule has 1 aromatic carbocycles. The van der Waals surface area contributed by atoms with Crippen molar-refractivity contribution in [2.45, 2.75) is 6.42 Å². The summed E-state index contributed by atoms with van der Waals surface area (Å²) in [6, 6.07) is 5.22. The van der Waals surface area contributed by atoms with Gasteiger partial charge in [0.2, 0.25) is 5.91 Å². The molecule has 10 heteroatoms. The molecule has 1 aliphatic heterocycles. The zero-order valence-corrected chi connectivity index (χ0v) is 17.8. The first-order valence-electron chi connectivity index (χ1n) is 7.90. The molecule has 0 unspecified atom stereocenters. The molecule has 1 aliphatic rings. The van der Waals surface area contributed by atoms with Gasteiger partial charge in [-0.3, -0.25) is 14.7 Å². The van der Waals surface area contributed by atoms with Crippen molar-refractivity contribution in [3.8, 4) is 5.75 Å². The lowest BCUT2D eigenvalue weighted by Crippen LogP contribution is -2.43. The Balaban J connectivity index is 0.00000338. The number of ether oxygens (including phenoxy) is 1. The average Bonchev–Trinajstić information content (AvgIpc) is 2.93. The van der Waals surface area contributed by atoms with Gasteiger partial charge in [0, 0.05) is 31.7 Å². The van der Waals surface area contributed by atoms with Crippen molar-refractivity contribution in [3.63, 3.8) is 0 Å². The van der Waals surface area contributed by atoms with E-state index >= 15 is 0 Å². The Morgan fingerprint density at radius 2 is 2.08 bits per heavy atom. The number of amides is 3. The van der Waals surface area contributed by atoms with E-state index in [0.717, 1.165) is 17.7 Å². The molecular formula is C16H23ClIN5O3. The number of carbonyl (C=O) groups is 2. The van der Waals surface area contributed by atoms with Crippen LogP contribution < -0.4 is 20.7 Å². The number of hydrogen-bond acceptors (Lipinski definition) is 4. The maximum atomic E-state index is 11.5. The van der Waals surface area contributed by atoms with Crippen molar-refractivity contribution in [2.75, 3.05) is 40.3 Å². The molecule has 144 valence electrons. The first kappa shape index (κ1) is 22.3. The maximum absolute atomic E-state index is 11.5. The number of methoxy groups -OCH3 is 1. The van der Waals surface area contributed by atoms with E-state index in [0.29, 0.717) is 24.1 Å². The predicted octanol–water partition coefficient (Wildman–Crippen LogP) is 1.23. The van der Waals surface area contributed by atoms with Crippen molar-refractivity contribution in [2.24, 2.45) is 4.99 Å². The molecule has 3 N–H and O–H groups in total. The number of nitrogens with zero attached hydrogens (tertiary/aromatic N) is 2. The maximum Gasteiger partial charge on any atom is 0.324 e. The topological polar surface area (TPSA) is 95.1 Å². The van der Waals surface area contributed by atoms with Crippen LogP contribution in [0.15, 0.2) is 23.2 Å². The van der Waals surface area contributed by atoms with Gasteiger partial charge in [0.05, 0.1) is 13.7 Å². The number of benzene rings is 1. The van der Waals surface area contributed by atoms with Crippen LogP contribution >= 0.6 is 35.6 Å². The fourth-order valence-electron chi connectivity index (χ4n) is 2.36. The summed E-state index contributed by atoms with van der Waals surface area (Å²) >= 11 is 6.21. The lowest BCUT2D eigenvalue weighted by molar-refractivity contribution is -0.124. The van der Waals surface area contributed by atoms with Gasteiger partial charge in [-0.1, -0.05) is 17.7 Å². The summed E-state index contributed by atoms with van der Waals surface area (Å²) in [5, 5.41) is 9.37. The Kier molecular flexibility index (Phi) is 9.49. The molecular weight excluding hydrogens is 473 g/mol. The van der Waals surface area contributed by atoms with Gasteiger partial charge in [-0.15, -0.1) is 24.0 Å². The minimum atomic E-state index is -0.358. The highest BCUT2D eigenvalue weighted by Gasteiger charge is 2.27. The second kappa shape index (κ2) is 11.1. The number of guanidine groups is 1. The van der Waals surface area contributed by atoms with Crippen LogP contribution in [0.1, 0.15) is 5.56 Å². The third kappa shape index (κ3) is 6.20. The second-order valence-electron chi connectivity index (χ2n) is 5.34. The van der Waals surface area contributed by atoms with Gasteiger partial charge in [0.25, 0.3) is 0 Å². The molecule has 0 radical (unpaired) electrons. The Morgan fingerprint density at radius 3 is 2.65 bits per heavy atom. The van der Waals surface area contributed by atoms with Gasteiger partial charge >= 0.3 is 6.03 Å². The fraction of sp³-hybridized carbons (Fsp3) is 0.438. The minimum absolute atomic E-state index is 0. The Bertz CT molecular complexity index is 655. The number of urea groups is 1. The molecule has 0 aliphatic carbocycles. The van der Waals surface area contributed by atoms with Gasteiger partial charge < -0.3 is 20.7 Å². The van der Waals surface area contributed by atoms with E-state index in [2.05, 4.69) is 20.9 Å². The average molecular weight is 496 g/mol. The molecule has 1 aromatic rings. The van der Waals surface area contributed by atoms with Gasteiger partial charge in [-0.2, -0.15) is 0 Å². The summed E-state index contributed by atoms with van der Waals surface area (Å²) in [4.78, 5) is 28.2. The summed E-state index contributed by atoms with van der Waals surface area (Å²) in [6.07, 6.45) is 0.719. The highest BCUT2D eigenvalue weighted by Crippen LogP contribution is 2.22. The van der Waals surface area contributed by atoms with Crippen LogP contribution in [-0.2, 0) is 11.2 Å². The molecule has 2 rings (SSSR count). The summed E-state index contributed by atoms with van der Waals surface area (Å²) < 4.78 is 5.13. The smallest absolute Gasteiger partial charge is 0.324 e. The van der Waals surface area contributed by atoms with Crippen LogP contribution in [0.5, 0.6) is 5.75 Å². The Hall–Kier alpha value is -1.75. The quantitative estimate of drug-likeness (QED) is 0.229. The fourth-order valence-corrected chi connectivity index (χ4v) is 2.63. The van der Waals surface area contributed by atoms with Crippen LogP contribution in [0.2, 0.25) is 5.02 Å². The van der Waals surface area contributed by atoms with Crippen LogP contribution in [0.25, 0.3) is 0 Å². The molecule has 0 saturated carbocycles. The molecule has 8 nitrogen and oxygen atoms in total. The molecule has 0 aromatic heterocycles. The molecule has 0 spiro atoms. The van der Waals surface area contributed by atoms with E-state index in [4.69, 9.17) is 16.3 Å². The monoisotopic (exact) mass is 495 g/mol. The molecule has 1 heterocycles. The number of aliphatic imine (C=N–C) groups is 1. The normalized spacial score (nSPS) is 14.0. The number of rotatable bonds is 7. The standard InChI is InChI=1S/C16H22ClN5O3.HI/c1-18-15(20-7-8-22-14(23)10-21-16(22)24)19-6-5-11-3-4-12(25-2)9-13(11)17;/h3-4,9H,5-8,10H2,1-2H3,(H,21,24)(H2,18,19,20);1H. The summed E-state index contributed by atoms with van der Waals surface area (Å²) in [5.41, 5.74) is 1.00. The Morgan fingerprint density at radius 1 is 1.35 bits per heavy atom. The lowest BCUT2D eigenvalue weighted by Gasteiger charge is -2.15. The molecule has 1 fully saturated rings. The predicted molar refractivity (Wildman–Crippen MR) is 112 cm³/mol. The van der Waals surface area contributed by atoms with Crippen molar-refractivity contribution < 1.29 is 14.3 Å². The zero-order chi connectivity index (χ0) is 18.2. The summed E-state index contributed by atoms with van der Waals surface area (Å²) in [6.45, 7) is 1.40. The van der Waals surface area contributed by atoms with E-state index in [1.165, 1.54) is 4.90 Å². The highest BCUT2D eigenvalue weighted by molar-refractivity contribution is 14.0. The van der Waals surface area contributed by atoms with Crippen LogP contribution in [0.4, 0.5) is 4.79 Å². The van der Waals surface area contributed by atoms with Gasteiger partial charge in [-0.25, -0.2) is 4.79 Å². The third-order valence-corrected chi connectivity index (χ3v) is 4.09. The molecule has 1 saturated heterocycles. The van der Waals surface area contributed by atoms with Crippen LogP contribution in [-0.4, -0.2) is 63.1 Å². The van der Waals surface area contributed by atoms with E-state index in [9.17, 15) is 9.59 Å². The number of hydrogen-bond donors (Lipinski definition) is 3. The van der Waals surface area contributed by atoms with Crippen molar-refractivity contribution in [1.82, 2.24) is 20.9 Å². The van der Waals surface area contributed by atoms with Gasteiger partial charge in [-0.05, 0) is 24.1 Å². The van der Waals surface area contributed by atoms with Crippen molar-refractivity contribution >= 4 is 53.5 Å². The minimum Gasteiger partial charge on any atom is -0.497 e. The second-order valence-corrected chi connectivity index (χ2v) is 5.74. The van der Waals surface area contributed by atoms with E-state index in [1.807, 2.05) is 12.1 Å². The van der Waals surface area contributed by atoms with E-state index in [-0.39, 0.29) is 49.0 Å². The first-order chi connectivity index (χ1) is 12.0. The number of halogens is 2. The number of carbonyl (C=O) groups excluding carboxylic acids is 2. The summed E-state index contributed by atoms with van der Waals surface area (Å²) in [7, 11) is 3.26. The summed E-state index contributed by atoms with van der Waals surface area (Å²) in [5.74, 6) is 1.10. The first-order valence-corrected chi connectivity index (χ1v) is 8.28. The third-order valence-electron chi connectivity index (χ3n) is 3.74. The lowest BCUT2D eigenvalue weighted by atomic mass is 10.1. The highest BCUT2D eigenvalue weighted by atomic mass is 127. The zero-order valence-electron chi connectivity index (χ0n) is 14.7. The van der Waals surface area contributed by atoms with E-state index in [1.54, 1.807) is 20.2 Å². The van der Waals surface area contributed by atoms with Crippen molar-refractivity contribution in [1.29, 1.82) is 0 Å². The largest absolute Gasteiger partial charge is 0.497 e. The molecule has 3 amide bonds. The number of nitrogens with one attached hydrogen (secondary N) is 3. The molecule has 26 heavy (non-hydrogen) atoms. The van der Waals surface area contributed by atoms with Crippen LogP contribution in [0, 0.1) is 0 Å². The van der Waals surface area contributed by atoms with Gasteiger partial charge in [0.1, 0.15) is 5.75 Å². The van der Waals surface area contributed by atoms with Gasteiger partial charge in [0.15, 0.2) is 5.96 Å². The van der Waals surface area contributed by atoms with Crippen LogP contribution in [0.3, 0.4) is 0 Å². The van der Waals surface area contributed by atoms with Crippen molar-refractivity contribution in [3.05, 3.63) is 28.8 Å². The molecule has 0 atom stereocenters. The molecule has 0 bridgehead atoms. The number of imide groups is 1. The van der Waals surface area contributed by atoms with E-state index < -0.39 is 0 Å². The SMILES string of the molecule is CN=C(NCCc1ccc(OC)cc1Cl)NCCN1C(=O)CNC1=O.I.